The molecule has 0 radical (unpaired) electrons. The van der Waals surface area contributed by atoms with Gasteiger partial charge in [-0.05, 0) is 26.3 Å². The fraction of sp³-hybridized carbons (Fsp3) is 0.600. The smallest absolute Gasteiger partial charge is 0.320 e. The number of piperidine rings is 1. The van der Waals surface area contributed by atoms with E-state index in [0.29, 0.717) is 13.0 Å². The molecule has 0 amide bonds. The lowest BCUT2D eigenvalue weighted by Gasteiger charge is -2.26. The molecule has 0 aromatic carbocycles. The van der Waals surface area contributed by atoms with Crippen molar-refractivity contribution in [2.75, 3.05) is 6.54 Å². The normalized spacial score (nSPS) is 26.5. The lowest BCUT2D eigenvalue weighted by atomic mass is 9.89. The summed E-state index contributed by atoms with van der Waals surface area (Å²) in [5.41, 5.74) is 0.905. The monoisotopic (exact) mass is 210 g/mol. The van der Waals surface area contributed by atoms with Gasteiger partial charge in [-0.1, -0.05) is 0 Å². The first-order valence-corrected chi connectivity index (χ1v) is 5.04. The second kappa shape index (κ2) is 4.02. The summed E-state index contributed by atoms with van der Waals surface area (Å²) in [7, 11) is 0. The third kappa shape index (κ3) is 2.02. The summed E-state index contributed by atoms with van der Waals surface area (Å²) in [5.74, 6) is 0.206. The van der Waals surface area contributed by atoms with E-state index in [1.54, 1.807) is 0 Å². The van der Waals surface area contributed by atoms with Crippen LogP contribution in [0.3, 0.4) is 0 Å². The van der Waals surface area contributed by atoms with E-state index in [2.05, 4.69) is 10.3 Å². The summed E-state index contributed by atoms with van der Waals surface area (Å²) >= 11 is 0. The lowest BCUT2D eigenvalue weighted by molar-refractivity contribution is -0.140. The number of hydrogen-bond acceptors (Lipinski definition) is 4. The SMILES string of the molecule is Cc1ocnc1C1CCNC(C(=O)O)C1. The van der Waals surface area contributed by atoms with Crippen LogP contribution in [0.1, 0.15) is 30.2 Å². The Morgan fingerprint density at radius 1 is 1.73 bits per heavy atom. The maximum atomic E-state index is 10.8. The Bertz CT molecular complexity index is 361. The summed E-state index contributed by atoms with van der Waals surface area (Å²) in [5, 5.41) is 11.9. The van der Waals surface area contributed by atoms with E-state index in [4.69, 9.17) is 9.52 Å². The molecule has 2 N–H and O–H groups in total. The number of hydrogen-bond donors (Lipinski definition) is 2. The van der Waals surface area contributed by atoms with Gasteiger partial charge >= 0.3 is 5.97 Å². The van der Waals surface area contributed by atoms with Gasteiger partial charge in [-0.3, -0.25) is 4.79 Å². The molecule has 2 atom stereocenters. The molecule has 1 aromatic rings. The van der Waals surface area contributed by atoms with Gasteiger partial charge < -0.3 is 14.8 Å². The first-order chi connectivity index (χ1) is 7.18. The van der Waals surface area contributed by atoms with Crippen molar-refractivity contribution in [1.82, 2.24) is 10.3 Å². The van der Waals surface area contributed by atoms with Crippen molar-refractivity contribution >= 4 is 5.97 Å². The maximum absolute atomic E-state index is 10.8. The van der Waals surface area contributed by atoms with Gasteiger partial charge in [-0.25, -0.2) is 4.98 Å². The molecule has 0 aliphatic carbocycles. The largest absolute Gasteiger partial charge is 0.480 e. The van der Waals surface area contributed by atoms with Crippen LogP contribution in [0.4, 0.5) is 0 Å². The summed E-state index contributed by atoms with van der Waals surface area (Å²) in [4.78, 5) is 15.0. The van der Waals surface area contributed by atoms with Crippen LogP contribution in [0.5, 0.6) is 0 Å². The molecule has 1 fully saturated rings. The third-order valence-electron chi connectivity index (χ3n) is 2.87. The number of nitrogens with zero attached hydrogens (tertiary/aromatic N) is 1. The minimum atomic E-state index is -0.791. The Balaban J connectivity index is 2.11. The van der Waals surface area contributed by atoms with E-state index >= 15 is 0 Å². The number of nitrogens with one attached hydrogen (secondary N) is 1. The van der Waals surface area contributed by atoms with E-state index in [1.165, 1.54) is 6.39 Å². The first kappa shape index (κ1) is 10.2. The predicted octanol–water partition coefficient (Wildman–Crippen LogP) is 0.903. The van der Waals surface area contributed by atoms with E-state index in [1.807, 2.05) is 6.92 Å². The molecular weight excluding hydrogens is 196 g/mol. The van der Waals surface area contributed by atoms with Gasteiger partial charge in [-0.2, -0.15) is 0 Å². The van der Waals surface area contributed by atoms with Crippen LogP contribution in [0.2, 0.25) is 0 Å². The number of aryl methyl sites for hydroxylation is 1. The average molecular weight is 210 g/mol. The summed E-state index contributed by atoms with van der Waals surface area (Å²) in [6, 6.07) is -0.458. The molecule has 0 bridgehead atoms. The van der Waals surface area contributed by atoms with Crippen molar-refractivity contribution < 1.29 is 14.3 Å². The highest BCUT2D eigenvalue weighted by Gasteiger charge is 2.29. The summed E-state index contributed by atoms with van der Waals surface area (Å²) in [6.07, 6.45) is 2.92. The van der Waals surface area contributed by atoms with Crippen molar-refractivity contribution in [3.05, 3.63) is 17.8 Å². The molecule has 2 heterocycles. The fourth-order valence-corrected chi connectivity index (χ4v) is 2.06. The van der Waals surface area contributed by atoms with E-state index in [-0.39, 0.29) is 5.92 Å². The van der Waals surface area contributed by atoms with Crippen LogP contribution < -0.4 is 5.32 Å². The summed E-state index contributed by atoms with van der Waals surface area (Å²) in [6.45, 7) is 2.58. The van der Waals surface area contributed by atoms with Gasteiger partial charge in [0.2, 0.25) is 0 Å². The molecule has 5 heteroatoms. The highest BCUT2D eigenvalue weighted by atomic mass is 16.4. The quantitative estimate of drug-likeness (QED) is 0.758. The fourth-order valence-electron chi connectivity index (χ4n) is 2.06. The third-order valence-corrected chi connectivity index (χ3v) is 2.87. The van der Waals surface area contributed by atoms with Crippen molar-refractivity contribution in [2.45, 2.75) is 31.7 Å². The number of carboxylic acids is 1. The van der Waals surface area contributed by atoms with E-state index in [9.17, 15) is 4.79 Å². The van der Waals surface area contributed by atoms with Crippen molar-refractivity contribution in [3.8, 4) is 0 Å². The number of aromatic nitrogens is 1. The minimum Gasteiger partial charge on any atom is -0.480 e. The van der Waals surface area contributed by atoms with Gasteiger partial charge in [0, 0.05) is 5.92 Å². The lowest BCUT2D eigenvalue weighted by Crippen LogP contribution is -2.42. The second-order valence-corrected chi connectivity index (χ2v) is 3.86. The number of rotatable bonds is 2. The minimum absolute atomic E-state index is 0.200. The highest BCUT2D eigenvalue weighted by molar-refractivity contribution is 5.73. The molecule has 0 saturated carbocycles. The Labute approximate surface area is 87.5 Å². The number of carboxylic acid groups (broad SMARTS) is 1. The average Bonchev–Trinajstić information content (AvgIpc) is 2.64. The summed E-state index contributed by atoms with van der Waals surface area (Å²) < 4.78 is 5.13. The van der Waals surface area contributed by atoms with E-state index in [0.717, 1.165) is 17.9 Å². The number of aliphatic carboxylic acids is 1. The molecule has 2 unspecified atom stereocenters. The zero-order valence-electron chi connectivity index (χ0n) is 8.56. The predicted molar refractivity (Wildman–Crippen MR) is 52.6 cm³/mol. The van der Waals surface area contributed by atoms with Crippen molar-refractivity contribution in [1.29, 1.82) is 0 Å². The van der Waals surface area contributed by atoms with Crippen LogP contribution in [0, 0.1) is 6.92 Å². The Morgan fingerprint density at radius 2 is 2.53 bits per heavy atom. The van der Waals surface area contributed by atoms with E-state index < -0.39 is 12.0 Å². The number of carbonyl (C=O) groups is 1. The zero-order chi connectivity index (χ0) is 10.8. The topological polar surface area (TPSA) is 75.4 Å². The highest BCUT2D eigenvalue weighted by Crippen LogP contribution is 2.28. The van der Waals surface area contributed by atoms with Crippen LogP contribution in [0.15, 0.2) is 10.8 Å². The molecule has 0 spiro atoms. The Morgan fingerprint density at radius 3 is 3.13 bits per heavy atom. The molecule has 82 valence electrons. The Kier molecular flexibility index (Phi) is 2.73. The molecule has 1 aliphatic rings. The zero-order valence-corrected chi connectivity index (χ0v) is 8.56. The molecule has 1 aliphatic heterocycles. The Hall–Kier alpha value is -1.36. The molecular formula is C10H14N2O3. The number of oxazole rings is 1. The van der Waals surface area contributed by atoms with Gasteiger partial charge in [0.25, 0.3) is 0 Å². The standard InChI is InChI=1S/C10H14N2O3/c1-6-9(12-5-15-6)7-2-3-11-8(4-7)10(13)14/h5,7-8,11H,2-4H2,1H3,(H,13,14). The molecule has 1 saturated heterocycles. The van der Waals surface area contributed by atoms with Crippen LogP contribution in [-0.4, -0.2) is 28.6 Å². The molecule has 5 nitrogen and oxygen atoms in total. The van der Waals surface area contributed by atoms with Gasteiger partial charge in [0.15, 0.2) is 6.39 Å². The van der Waals surface area contributed by atoms with Gasteiger partial charge in [-0.15, -0.1) is 0 Å². The van der Waals surface area contributed by atoms with Crippen LogP contribution >= 0.6 is 0 Å². The first-order valence-electron chi connectivity index (χ1n) is 5.04. The van der Waals surface area contributed by atoms with Gasteiger partial charge in [0.05, 0.1) is 5.69 Å². The molecule has 2 rings (SSSR count). The van der Waals surface area contributed by atoms with Crippen LogP contribution in [0.25, 0.3) is 0 Å². The van der Waals surface area contributed by atoms with Gasteiger partial charge in [0.1, 0.15) is 11.8 Å². The molecule has 15 heavy (non-hydrogen) atoms. The van der Waals surface area contributed by atoms with Crippen LogP contribution in [-0.2, 0) is 4.79 Å². The van der Waals surface area contributed by atoms with Crippen molar-refractivity contribution in [2.24, 2.45) is 0 Å². The maximum Gasteiger partial charge on any atom is 0.320 e. The van der Waals surface area contributed by atoms with Crippen molar-refractivity contribution in [3.63, 3.8) is 0 Å². The second-order valence-electron chi connectivity index (χ2n) is 3.86. The molecule has 1 aromatic heterocycles.